The molecule has 3 N–H and O–H groups in total. The number of ether oxygens (including phenoxy) is 1. The van der Waals surface area contributed by atoms with Crippen LogP contribution >= 0.6 is 0 Å². The summed E-state index contributed by atoms with van der Waals surface area (Å²) in [6.07, 6.45) is 0. The molecule has 0 spiro atoms. The number of nitrogens with zero attached hydrogens (tertiary/aromatic N) is 4. The zero-order chi connectivity index (χ0) is 21.4. The third-order valence-electron chi connectivity index (χ3n) is 5.24. The average Bonchev–Trinajstić information content (AvgIpc) is 3.12. The molecular weight excluding hydrogens is 388 g/mol. The first-order valence-electron chi connectivity index (χ1n) is 10.0. The number of methoxy groups -OCH3 is 1. The van der Waals surface area contributed by atoms with Gasteiger partial charge >= 0.3 is 0 Å². The molecule has 154 valence electrons. The van der Waals surface area contributed by atoms with Crippen LogP contribution in [0.5, 0.6) is 5.75 Å². The SMILES string of the molecule is COc1cccc2c(NCc3ccccc3)nc(-n3c(N)nc4cc(C)ccc43)nc12. The Morgan fingerprint density at radius 2 is 1.81 bits per heavy atom. The van der Waals surface area contributed by atoms with Gasteiger partial charge in [-0.05, 0) is 42.3 Å². The number of hydrogen-bond acceptors (Lipinski definition) is 6. The molecule has 0 saturated carbocycles. The summed E-state index contributed by atoms with van der Waals surface area (Å²) >= 11 is 0. The molecule has 0 aliphatic rings. The molecule has 0 saturated heterocycles. The minimum absolute atomic E-state index is 0.337. The van der Waals surface area contributed by atoms with Gasteiger partial charge in [0.25, 0.3) is 0 Å². The third-order valence-corrected chi connectivity index (χ3v) is 5.24. The number of rotatable bonds is 5. The highest BCUT2D eigenvalue weighted by atomic mass is 16.5. The van der Waals surface area contributed by atoms with Gasteiger partial charge in [-0.25, -0.2) is 14.5 Å². The Morgan fingerprint density at radius 1 is 0.968 bits per heavy atom. The Bertz CT molecular complexity index is 1390. The molecule has 0 aliphatic heterocycles. The fourth-order valence-corrected chi connectivity index (χ4v) is 3.71. The van der Waals surface area contributed by atoms with Gasteiger partial charge in [-0.2, -0.15) is 4.98 Å². The molecule has 0 unspecified atom stereocenters. The molecule has 0 radical (unpaired) electrons. The van der Waals surface area contributed by atoms with Crippen molar-refractivity contribution in [3.63, 3.8) is 0 Å². The van der Waals surface area contributed by atoms with Gasteiger partial charge in [0, 0.05) is 11.9 Å². The summed E-state index contributed by atoms with van der Waals surface area (Å²) in [5.74, 6) is 2.15. The van der Waals surface area contributed by atoms with E-state index in [1.54, 1.807) is 11.7 Å². The predicted octanol–water partition coefficient (Wildman–Crippen LogP) is 4.48. The van der Waals surface area contributed by atoms with Crippen molar-refractivity contribution < 1.29 is 4.74 Å². The number of nitrogens with two attached hydrogens (primary N) is 1. The first-order valence-corrected chi connectivity index (χ1v) is 10.0. The van der Waals surface area contributed by atoms with E-state index in [9.17, 15) is 0 Å². The van der Waals surface area contributed by atoms with Gasteiger partial charge in [-0.3, -0.25) is 0 Å². The molecule has 0 fully saturated rings. The van der Waals surface area contributed by atoms with Crippen molar-refractivity contribution in [3.05, 3.63) is 77.9 Å². The highest BCUT2D eigenvalue weighted by Crippen LogP contribution is 2.31. The minimum atomic E-state index is 0.337. The maximum Gasteiger partial charge on any atom is 0.239 e. The highest BCUT2D eigenvalue weighted by molar-refractivity contribution is 5.94. The number of anilines is 2. The molecular formula is C24H22N6O. The first kappa shape index (κ1) is 18.9. The smallest absolute Gasteiger partial charge is 0.239 e. The van der Waals surface area contributed by atoms with Crippen LogP contribution in [0.2, 0.25) is 0 Å². The third kappa shape index (κ3) is 3.40. The number of nitrogen functional groups attached to an aromatic ring is 1. The largest absolute Gasteiger partial charge is 0.494 e. The van der Waals surface area contributed by atoms with Gasteiger partial charge < -0.3 is 15.8 Å². The fraction of sp³-hybridized carbons (Fsp3) is 0.125. The average molecular weight is 410 g/mol. The molecule has 2 heterocycles. The van der Waals surface area contributed by atoms with Crippen molar-refractivity contribution in [2.75, 3.05) is 18.2 Å². The Balaban J connectivity index is 1.70. The topological polar surface area (TPSA) is 90.9 Å². The van der Waals surface area contributed by atoms with E-state index in [1.807, 2.05) is 61.5 Å². The lowest BCUT2D eigenvalue weighted by atomic mass is 10.2. The summed E-state index contributed by atoms with van der Waals surface area (Å²) in [6.45, 7) is 2.65. The number of imidazole rings is 1. The molecule has 2 aromatic heterocycles. The zero-order valence-corrected chi connectivity index (χ0v) is 17.3. The van der Waals surface area contributed by atoms with Crippen molar-refractivity contribution in [2.45, 2.75) is 13.5 Å². The monoisotopic (exact) mass is 410 g/mol. The van der Waals surface area contributed by atoms with Crippen LogP contribution in [0.25, 0.3) is 27.9 Å². The Labute approximate surface area is 179 Å². The van der Waals surface area contributed by atoms with Gasteiger partial charge in [0.2, 0.25) is 11.9 Å². The molecule has 5 aromatic rings. The maximum atomic E-state index is 6.29. The van der Waals surface area contributed by atoms with Crippen LogP contribution in [0.3, 0.4) is 0 Å². The van der Waals surface area contributed by atoms with E-state index in [4.69, 9.17) is 20.4 Å². The van der Waals surface area contributed by atoms with Gasteiger partial charge in [0.1, 0.15) is 17.1 Å². The van der Waals surface area contributed by atoms with Crippen LogP contribution in [-0.2, 0) is 6.54 Å². The molecule has 7 nitrogen and oxygen atoms in total. The van der Waals surface area contributed by atoms with E-state index < -0.39 is 0 Å². The van der Waals surface area contributed by atoms with Crippen LogP contribution in [0.15, 0.2) is 66.7 Å². The molecule has 31 heavy (non-hydrogen) atoms. The molecule has 3 aromatic carbocycles. The van der Waals surface area contributed by atoms with E-state index in [2.05, 4.69) is 22.4 Å². The number of para-hydroxylation sites is 1. The van der Waals surface area contributed by atoms with Gasteiger partial charge in [-0.15, -0.1) is 0 Å². The summed E-state index contributed by atoms with van der Waals surface area (Å²) in [5, 5.41) is 4.33. The van der Waals surface area contributed by atoms with Crippen molar-refractivity contribution in [1.29, 1.82) is 0 Å². The second-order valence-electron chi connectivity index (χ2n) is 7.37. The summed E-state index contributed by atoms with van der Waals surface area (Å²) in [7, 11) is 1.64. The summed E-state index contributed by atoms with van der Waals surface area (Å²) in [4.78, 5) is 14.1. The number of aromatic nitrogens is 4. The van der Waals surface area contributed by atoms with Crippen molar-refractivity contribution in [1.82, 2.24) is 19.5 Å². The van der Waals surface area contributed by atoms with E-state index in [0.717, 1.165) is 27.5 Å². The standard InChI is InChI=1S/C24H22N6O/c1-15-11-12-19-18(13-15)27-23(25)30(19)24-28-21-17(9-6-10-20(21)31-2)22(29-24)26-14-16-7-4-3-5-8-16/h3-13H,14H2,1-2H3,(H2,25,27)(H,26,28,29). The maximum absolute atomic E-state index is 6.29. The second kappa shape index (κ2) is 7.60. The lowest BCUT2D eigenvalue weighted by molar-refractivity contribution is 0.419. The van der Waals surface area contributed by atoms with Crippen molar-refractivity contribution >= 4 is 33.7 Å². The summed E-state index contributed by atoms with van der Waals surface area (Å²) < 4.78 is 7.35. The van der Waals surface area contributed by atoms with Crippen LogP contribution in [0.4, 0.5) is 11.8 Å². The number of nitrogens with one attached hydrogen (secondary N) is 1. The van der Waals surface area contributed by atoms with Gasteiger partial charge in [0.15, 0.2) is 0 Å². The fourth-order valence-electron chi connectivity index (χ4n) is 3.71. The summed E-state index contributed by atoms with van der Waals surface area (Å²) in [5.41, 5.74) is 10.9. The minimum Gasteiger partial charge on any atom is -0.494 e. The highest BCUT2D eigenvalue weighted by Gasteiger charge is 2.17. The van der Waals surface area contributed by atoms with Crippen LogP contribution in [-0.4, -0.2) is 26.6 Å². The molecule has 0 atom stereocenters. The van der Waals surface area contributed by atoms with E-state index in [-0.39, 0.29) is 0 Å². The molecule has 0 aliphatic carbocycles. The number of hydrogen-bond donors (Lipinski definition) is 2. The van der Waals surface area contributed by atoms with Crippen LogP contribution < -0.4 is 15.8 Å². The number of benzene rings is 3. The van der Waals surface area contributed by atoms with E-state index in [1.165, 1.54) is 0 Å². The lowest BCUT2D eigenvalue weighted by Gasteiger charge is -2.14. The quantitative estimate of drug-likeness (QED) is 0.444. The summed E-state index contributed by atoms with van der Waals surface area (Å²) in [6, 6.07) is 22.0. The molecule has 0 bridgehead atoms. The second-order valence-corrected chi connectivity index (χ2v) is 7.37. The predicted molar refractivity (Wildman–Crippen MR) is 124 cm³/mol. The molecule has 7 heteroatoms. The number of aryl methyl sites for hydroxylation is 1. The van der Waals surface area contributed by atoms with Crippen LogP contribution in [0, 0.1) is 6.92 Å². The van der Waals surface area contributed by atoms with Crippen LogP contribution in [0.1, 0.15) is 11.1 Å². The van der Waals surface area contributed by atoms with Gasteiger partial charge in [0.05, 0.1) is 18.1 Å². The Hall–Kier alpha value is -4.13. The van der Waals surface area contributed by atoms with Crippen molar-refractivity contribution in [3.8, 4) is 11.7 Å². The van der Waals surface area contributed by atoms with E-state index >= 15 is 0 Å². The molecule has 0 amide bonds. The lowest BCUT2D eigenvalue weighted by Crippen LogP contribution is -2.10. The van der Waals surface area contributed by atoms with E-state index in [0.29, 0.717) is 35.5 Å². The molecule has 5 rings (SSSR count). The normalized spacial score (nSPS) is 11.2. The first-order chi connectivity index (χ1) is 15.1. The van der Waals surface area contributed by atoms with Crippen molar-refractivity contribution in [2.24, 2.45) is 0 Å². The van der Waals surface area contributed by atoms with Gasteiger partial charge in [-0.1, -0.05) is 42.5 Å². The Kier molecular flexibility index (Phi) is 4.63. The zero-order valence-electron chi connectivity index (χ0n) is 17.3. The number of fused-ring (bicyclic) bond motifs is 2. The Morgan fingerprint density at radius 3 is 2.61 bits per heavy atom.